The molecule has 0 saturated heterocycles. The Morgan fingerprint density at radius 1 is 0.565 bits per heavy atom. The summed E-state index contributed by atoms with van der Waals surface area (Å²) in [7, 11) is -0.217. The van der Waals surface area contributed by atoms with Crippen LogP contribution in [0, 0.1) is 0 Å². The van der Waals surface area contributed by atoms with Crippen LogP contribution >= 0.6 is 7.92 Å². The van der Waals surface area contributed by atoms with Crippen LogP contribution in [0.25, 0.3) is 6.08 Å². The molecule has 114 valence electrons. The van der Waals surface area contributed by atoms with E-state index in [1.54, 1.807) is 0 Å². The SMILES string of the molecule is C(=C\P(Cc1ccccc1)Cc1ccccc1)/c1ccccc1. The van der Waals surface area contributed by atoms with Gasteiger partial charge in [-0.3, -0.25) is 0 Å². The molecule has 0 saturated carbocycles. The van der Waals surface area contributed by atoms with E-state index in [1.807, 2.05) is 0 Å². The first kappa shape index (κ1) is 15.7. The van der Waals surface area contributed by atoms with Crippen molar-refractivity contribution in [1.29, 1.82) is 0 Å². The molecule has 0 radical (unpaired) electrons. The number of hydrogen-bond donors (Lipinski definition) is 0. The van der Waals surface area contributed by atoms with Gasteiger partial charge in [-0.25, -0.2) is 0 Å². The highest BCUT2D eigenvalue weighted by atomic mass is 31.1. The van der Waals surface area contributed by atoms with Gasteiger partial charge in [0.1, 0.15) is 0 Å². The van der Waals surface area contributed by atoms with Crippen LogP contribution < -0.4 is 0 Å². The Balaban J connectivity index is 1.76. The molecule has 23 heavy (non-hydrogen) atoms. The highest BCUT2D eigenvalue weighted by Crippen LogP contribution is 2.45. The van der Waals surface area contributed by atoms with Gasteiger partial charge in [0.25, 0.3) is 0 Å². The summed E-state index contributed by atoms with van der Waals surface area (Å²) in [6.07, 6.45) is 4.54. The van der Waals surface area contributed by atoms with Crippen molar-refractivity contribution in [2.45, 2.75) is 12.3 Å². The third-order valence-corrected chi connectivity index (χ3v) is 5.85. The van der Waals surface area contributed by atoms with Gasteiger partial charge in [-0.15, -0.1) is 0 Å². The molecule has 0 spiro atoms. The van der Waals surface area contributed by atoms with Crippen LogP contribution in [0.1, 0.15) is 16.7 Å². The summed E-state index contributed by atoms with van der Waals surface area (Å²) in [5, 5.41) is 0. The van der Waals surface area contributed by atoms with Crippen molar-refractivity contribution in [3.63, 3.8) is 0 Å². The van der Waals surface area contributed by atoms with Crippen LogP contribution in [0.15, 0.2) is 96.8 Å². The Kier molecular flexibility index (Phi) is 5.78. The summed E-state index contributed by atoms with van der Waals surface area (Å²) in [5.74, 6) is 2.42. The molecule has 3 rings (SSSR count). The zero-order valence-electron chi connectivity index (χ0n) is 13.2. The molecule has 0 aromatic heterocycles. The molecule has 0 aliphatic heterocycles. The monoisotopic (exact) mass is 316 g/mol. The molecule has 0 amide bonds. The van der Waals surface area contributed by atoms with E-state index in [1.165, 1.54) is 16.7 Å². The summed E-state index contributed by atoms with van der Waals surface area (Å²) in [6, 6.07) is 32.2. The van der Waals surface area contributed by atoms with E-state index < -0.39 is 0 Å². The van der Waals surface area contributed by atoms with Gasteiger partial charge < -0.3 is 0 Å². The minimum Gasteiger partial charge on any atom is -0.0742 e. The minimum atomic E-state index is -0.217. The molecule has 0 heterocycles. The average Bonchev–Trinajstić information content (AvgIpc) is 2.62. The predicted molar refractivity (Wildman–Crippen MR) is 103 cm³/mol. The van der Waals surface area contributed by atoms with Crippen LogP contribution in [0.3, 0.4) is 0 Å². The van der Waals surface area contributed by atoms with Crippen molar-refractivity contribution in [1.82, 2.24) is 0 Å². The van der Waals surface area contributed by atoms with Gasteiger partial charge in [-0.1, -0.05) is 111 Å². The van der Waals surface area contributed by atoms with E-state index in [0.29, 0.717) is 0 Å². The third kappa shape index (κ3) is 5.20. The molecule has 0 bridgehead atoms. The van der Waals surface area contributed by atoms with Crippen molar-refractivity contribution in [2.24, 2.45) is 0 Å². The quantitative estimate of drug-likeness (QED) is 0.453. The van der Waals surface area contributed by atoms with Crippen molar-refractivity contribution in [3.8, 4) is 0 Å². The highest BCUT2D eigenvalue weighted by Gasteiger charge is 2.07. The molecular weight excluding hydrogens is 295 g/mol. The average molecular weight is 316 g/mol. The number of rotatable bonds is 6. The van der Waals surface area contributed by atoms with Gasteiger partial charge >= 0.3 is 0 Å². The molecular formula is C22H21P. The second kappa shape index (κ2) is 8.46. The van der Waals surface area contributed by atoms with E-state index in [-0.39, 0.29) is 7.92 Å². The lowest BCUT2D eigenvalue weighted by molar-refractivity contribution is 1.33. The molecule has 0 aliphatic carbocycles. The minimum absolute atomic E-state index is 0.217. The molecule has 0 unspecified atom stereocenters. The Morgan fingerprint density at radius 3 is 1.48 bits per heavy atom. The standard InChI is InChI=1S/C22H21P/c1-4-10-20(11-5-1)16-17-23(18-21-12-6-2-7-13-21)19-22-14-8-3-9-15-22/h1-17H,18-19H2/b17-16+. The lowest BCUT2D eigenvalue weighted by Crippen LogP contribution is -1.87. The first-order chi connectivity index (χ1) is 11.4. The zero-order valence-corrected chi connectivity index (χ0v) is 14.1. The normalized spacial score (nSPS) is 11.2. The van der Waals surface area contributed by atoms with Gasteiger partial charge in [0.05, 0.1) is 0 Å². The summed E-state index contributed by atoms with van der Waals surface area (Å²) >= 11 is 0. The second-order valence-corrected chi connectivity index (χ2v) is 7.71. The highest BCUT2D eigenvalue weighted by molar-refractivity contribution is 7.59. The summed E-state index contributed by atoms with van der Waals surface area (Å²) in [4.78, 5) is 0. The Labute approximate surface area is 140 Å². The van der Waals surface area contributed by atoms with Crippen molar-refractivity contribution >= 4 is 14.0 Å². The van der Waals surface area contributed by atoms with E-state index in [2.05, 4.69) is 103 Å². The van der Waals surface area contributed by atoms with Crippen molar-refractivity contribution in [2.75, 3.05) is 0 Å². The molecule has 3 aromatic rings. The topological polar surface area (TPSA) is 0 Å². The predicted octanol–water partition coefficient (Wildman–Crippen LogP) is 6.54. The largest absolute Gasteiger partial charge is 0.0742 e. The van der Waals surface area contributed by atoms with Crippen LogP contribution in [-0.2, 0) is 12.3 Å². The number of benzene rings is 3. The maximum absolute atomic E-state index is 2.42. The van der Waals surface area contributed by atoms with Crippen LogP contribution in [-0.4, -0.2) is 0 Å². The molecule has 1 heteroatoms. The molecule has 0 N–H and O–H groups in total. The molecule has 0 nitrogen and oxygen atoms in total. The summed E-state index contributed by atoms with van der Waals surface area (Å²) in [5.41, 5.74) is 4.13. The maximum Gasteiger partial charge on any atom is -0.00355 e. The van der Waals surface area contributed by atoms with Gasteiger partial charge in [0.2, 0.25) is 0 Å². The van der Waals surface area contributed by atoms with Gasteiger partial charge in [0, 0.05) is 0 Å². The van der Waals surface area contributed by atoms with Gasteiger partial charge in [-0.05, 0) is 29.0 Å². The first-order valence-electron chi connectivity index (χ1n) is 7.95. The van der Waals surface area contributed by atoms with Crippen molar-refractivity contribution < 1.29 is 0 Å². The van der Waals surface area contributed by atoms with E-state index in [0.717, 1.165) is 12.3 Å². The van der Waals surface area contributed by atoms with Gasteiger partial charge in [-0.2, -0.15) is 0 Å². The third-order valence-electron chi connectivity index (χ3n) is 3.73. The zero-order chi connectivity index (χ0) is 15.7. The summed E-state index contributed by atoms with van der Waals surface area (Å²) in [6.45, 7) is 0. The van der Waals surface area contributed by atoms with Gasteiger partial charge in [0.15, 0.2) is 0 Å². The Hall–Kier alpha value is -2.17. The van der Waals surface area contributed by atoms with E-state index in [4.69, 9.17) is 0 Å². The molecule has 0 atom stereocenters. The maximum atomic E-state index is 2.42. The first-order valence-corrected chi connectivity index (χ1v) is 9.73. The molecule has 3 aromatic carbocycles. The fourth-order valence-electron chi connectivity index (χ4n) is 2.55. The summed E-state index contributed by atoms with van der Waals surface area (Å²) < 4.78 is 0. The smallest absolute Gasteiger partial charge is 0.00355 e. The molecule has 0 fully saturated rings. The second-order valence-electron chi connectivity index (χ2n) is 5.60. The lowest BCUT2D eigenvalue weighted by Gasteiger charge is -2.14. The van der Waals surface area contributed by atoms with Crippen LogP contribution in [0.4, 0.5) is 0 Å². The van der Waals surface area contributed by atoms with E-state index in [9.17, 15) is 0 Å². The fraction of sp³-hybridized carbons (Fsp3) is 0.0909. The van der Waals surface area contributed by atoms with Crippen molar-refractivity contribution in [3.05, 3.63) is 114 Å². The lowest BCUT2D eigenvalue weighted by atomic mass is 10.2. The number of hydrogen-bond acceptors (Lipinski definition) is 0. The molecule has 0 aliphatic rings. The fourth-order valence-corrected chi connectivity index (χ4v) is 4.62. The van der Waals surface area contributed by atoms with Crippen LogP contribution in [0.2, 0.25) is 0 Å². The van der Waals surface area contributed by atoms with E-state index >= 15 is 0 Å². The van der Waals surface area contributed by atoms with Crippen LogP contribution in [0.5, 0.6) is 0 Å². The Bertz CT molecular complexity index is 676. The Morgan fingerprint density at radius 2 is 1.00 bits per heavy atom.